The number of allylic oxidation sites excluding steroid dienone is 7. The van der Waals surface area contributed by atoms with E-state index in [2.05, 4.69) is 6.08 Å². The molecule has 172 valence electrons. The highest BCUT2D eigenvalue weighted by Crippen LogP contribution is 2.43. The summed E-state index contributed by atoms with van der Waals surface area (Å²) >= 11 is 17.9. The first-order chi connectivity index (χ1) is 14.8. The summed E-state index contributed by atoms with van der Waals surface area (Å²) in [6, 6.07) is 0. The van der Waals surface area contributed by atoms with Gasteiger partial charge in [-0.3, -0.25) is 4.79 Å². The Bertz CT molecular complexity index is 795. The van der Waals surface area contributed by atoms with Crippen molar-refractivity contribution in [3.8, 4) is 0 Å². The molecule has 0 aromatic rings. The lowest BCUT2D eigenvalue weighted by molar-refractivity contribution is -0.137. The summed E-state index contributed by atoms with van der Waals surface area (Å²) in [6.45, 7) is 2.98. The van der Waals surface area contributed by atoms with Crippen LogP contribution in [0.2, 0.25) is 0 Å². The van der Waals surface area contributed by atoms with Crippen molar-refractivity contribution in [3.63, 3.8) is 0 Å². The number of nitrogens with zero attached hydrogens (tertiary/aromatic N) is 1. The molecule has 0 saturated carbocycles. The number of halogens is 3. The summed E-state index contributed by atoms with van der Waals surface area (Å²) in [5.74, 6) is -0.0783. The highest BCUT2D eigenvalue weighted by molar-refractivity contribution is 7.93. The zero-order valence-corrected chi connectivity index (χ0v) is 20.8. The van der Waals surface area contributed by atoms with Crippen LogP contribution in [0, 0.1) is 17.8 Å². The monoisotopic (exact) mass is 505 g/mol. The molecule has 0 amide bonds. The van der Waals surface area contributed by atoms with Gasteiger partial charge in [-0.1, -0.05) is 35.4 Å². The van der Waals surface area contributed by atoms with E-state index in [1.807, 2.05) is 29.5 Å². The largest absolute Gasteiger partial charge is 0.593 e. The van der Waals surface area contributed by atoms with E-state index in [1.165, 1.54) is 0 Å². The average Bonchev–Trinajstić information content (AvgIpc) is 3.16. The van der Waals surface area contributed by atoms with E-state index < -0.39 is 17.3 Å². The minimum atomic E-state index is -1.25. The van der Waals surface area contributed by atoms with Crippen molar-refractivity contribution < 1.29 is 14.5 Å². The molecule has 3 aliphatic rings. The van der Waals surface area contributed by atoms with Gasteiger partial charge in [-0.05, 0) is 74.5 Å². The van der Waals surface area contributed by atoms with E-state index in [9.17, 15) is 9.35 Å². The molecule has 1 heterocycles. The highest BCUT2D eigenvalue weighted by Gasteiger charge is 2.40. The molecule has 1 aliphatic heterocycles. The van der Waals surface area contributed by atoms with Gasteiger partial charge in [0.1, 0.15) is 4.91 Å². The number of carboxylic acids is 1. The van der Waals surface area contributed by atoms with Gasteiger partial charge in [0, 0.05) is 22.9 Å². The predicted molar refractivity (Wildman–Crippen MR) is 129 cm³/mol. The second-order valence-electron chi connectivity index (χ2n) is 8.54. The fourth-order valence-electron chi connectivity index (χ4n) is 4.81. The number of carbonyl (C=O) groups is 1. The van der Waals surface area contributed by atoms with Gasteiger partial charge in [0.25, 0.3) is 0 Å². The van der Waals surface area contributed by atoms with Gasteiger partial charge in [0.15, 0.2) is 0 Å². The van der Waals surface area contributed by atoms with Crippen LogP contribution in [0.3, 0.4) is 0 Å². The predicted octanol–water partition coefficient (Wildman–Crippen LogP) is 6.34. The zero-order chi connectivity index (χ0) is 22.5. The van der Waals surface area contributed by atoms with Gasteiger partial charge in [-0.15, -0.1) is 15.9 Å². The molecule has 0 radical (unpaired) electrons. The van der Waals surface area contributed by atoms with Gasteiger partial charge in [-0.25, -0.2) is 0 Å². The summed E-state index contributed by atoms with van der Waals surface area (Å²) in [5.41, 5.74) is 1.05. The Labute approximate surface area is 203 Å². The SMILES string of the molecule is C/C=C(Cl)\C=C1/CN([S+]([O-])C2=CCCC(C3CCC=C(Cl)C3Cl)C2)CC1CCC(=O)O. The quantitative estimate of drug-likeness (QED) is 0.323. The minimum Gasteiger partial charge on any atom is -0.593 e. The molecule has 1 N–H and O–H groups in total. The molecule has 0 spiro atoms. The Hall–Kier alpha value is -0.430. The van der Waals surface area contributed by atoms with Crippen molar-refractivity contribution in [2.45, 2.75) is 57.2 Å². The fourth-order valence-corrected chi connectivity index (χ4v) is 7.18. The third-order valence-electron chi connectivity index (χ3n) is 6.53. The second-order valence-corrected chi connectivity index (χ2v) is 11.4. The summed E-state index contributed by atoms with van der Waals surface area (Å²) in [7, 11) is 0. The Morgan fingerprint density at radius 3 is 2.81 bits per heavy atom. The van der Waals surface area contributed by atoms with Crippen molar-refractivity contribution in [2.75, 3.05) is 13.1 Å². The lowest BCUT2D eigenvalue weighted by Gasteiger charge is -2.35. The Morgan fingerprint density at radius 2 is 2.10 bits per heavy atom. The van der Waals surface area contributed by atoms with Crippen LogP contribution in [0.1, 0.15) is 51.9 Å². The first kappa shape index (κ1) is 25.2. The van der Waals surface area contributed by atoms with Crippen molar-refractivity contribution in [1.29, 1.82) is 0 Å². The molecule has 5 atom stereocenters. The summed E-state index contributed by atoms with van der Waals surface area (Å²) in [4.78, 5) is 12.0. The van der Waals surface area contributed by atoms with E-state index >= 15 is 0 Å². The molecule has 1 fully saturated rings. The number of aliphatic carboxylic acids is 1. The van der Waals surface area contributed by atoms with Crippen LogP contribution in [0.25, 0.3) is 0 Å². The van der Waals surface area contributed by atoms with Gasteiger partial charge in [0.2, 0.25) is 0 Å². The topological polar surface area (TPSA) is 63.6 Å². The van der Waals surface area contributed by atoms with E-state index in [0.717, 1.165) is 47.6 Å². The van der Waals surface area contributed by atoms with Crippen LogP contribution in [0.4, 0.5) is 0 Å². The third-order valence-corrected chi connectivity index (χ3v) is 9.45. The van der Waals surface area contributed by atoms with E-state index in [1.54, 1.807) is 0 Å². The van der Waals surface area contributed by atoms with Gasteiger partial charge in [-0.2, -0.15) is 0 Å². The van der Waals surface area contributed by atoms with Crippen molar-refractivity contribution in [2.24, 2.45) is 17.8 Å². The second kappa shape index (κ2) is 11.6. The summed E-state index contributed by atoms with van der Waals surface area (Å²) < 4.78 is 15.4. The molecule has 0 aromatic heterocycles. The number of hydrogen-bond acceptors (Lipinski definition) is 3. The summed E-state index contributed by atoms with van der Waals surface area (Å²) in [6.07, 6.45) is 13.1. The molecular formula is C23H30Cl3NO3S. The average molecular weight is 507 g/mol. The lowest BCUT2D eigenvalue weighted by atomic mass is 9.76. The van der Waals surface area contributed by atoms with Crippen LogP contribution < -0.4 is 0 Å². The zero-order valence-electron chi connectivity index (χ0n) is 17.7. The van der Waals surface area contributed by atoms with Crippen molar-refractivity contribution in [1.82, 2.24) is 4.31 Å². The maximum Gasteiger partial charge on any atom is 0.303 e. The van der Waals surface area contributed by atoms with Crippen LogP contribution in [0.5, 0.6) is 0 Å². The van der Waals surface area contributed by atoms with Crippen molar-refractivity contribution in [3.05, 3.63) is 44.8 Å². The first-order valence-corrected chi connectivity index (χ1v) is 13.2. The minimum absolute atomic E-state index is 0.0447. The number of carboxylic acid groups (broad SMARTS) is 1. The molecule has 8 heteroatoms. The normalized spacial score (nSPS) is 32.7. The van der Waals surface area contributed by atoms with Crippen LogP contribution in [-0.2, 0) is 16.2 Å². The Kier molecular flexibility index (Phi) is 9.45. The summed E-state index contributed by atoms with van der Waals surface area (Å²) in [5, 5.41) is 10.3. The maximum atomic E-state index is 13.5. The van der Waals surface area contributed by atoms with Gasteiger partial charge >= 0.3 is 5.97 Å². The van der Waals surface area contributed by atoms with E-state index in [0.29, 0.717) is 36.4 Å². The highest BCUT2D eigenvalue weighted by atomic mass is 35.5. The van der Waals surface area contributed by atoms with Crippen LogP contribution in [-0.4, -0.2) is 38.4 Å². The molecular weight excluding hydrogens is 477 g/mol. The van der Waals surface area contributed by atoms with Crippen LogP contribution >= 0.6 is 34.8 Å². The lowest BCUT2D eigenvalue weighted by Crippen LogP contribution is -2.34. The van der Waals surface area contributed by atoms with Crippen molar-refractivity contribution >= 4 is 52.1 Å². The number of alkyl halides is 1. The van der Waals surface area contributed by atoms with Crippen LogP contribution in [0.15, 0.2) is 44.8 Å². The molecule has 0 aromatic carbocycles. The molecule has 3 rings (SSSR count). The standard InChI is InChI=1S/C23H30Cl3NO3S/c1-2-18(24)11-17-14-27(13-16(17)9-10-22(28)29)31(30)19-6-3-5-15(12-19)20-7-4-8-21(25)23(20)26/h2,6,8,11,15-16,20,23H,3-5,7,9-10,12-14H2,1H3,(H,28,29)/b17-11+,18-2+. The molecule has 2 aliphatic carbocycles. The number of hydrogen-bond donors (Lipinski definition) is 1. The molecule has 4 nitrogen and oxygen atoms in total. The third kappa shape index (κ3) is 6.55. The molecule has 0 bridgehead atoms. The molecule has 5 unspecified atom stereocenters. The van der Waals surface area contributed by atoms with E-state index in [-0.39, 0.29) is 17.7 Å². The molecule has 31 heavy (non-hydrogen) atoms. The fraction of sp³-hybridized carbons (Fsp3) is 0.609. The number of rotatable bonds is 7. The first-order valence-electron chi connectivity index (χ1n) is 10.9. The maximum absolute atomic E-state index is 13.5. The van der Waals surface area contributed by atoms with E-state index in [4.69, 9.17) is 39.9 Å². The smallest absolute Gasteiger partial charge is 0.303 e. The Morgan fingerprint density at radius 1 is 1.35 bits per heavy atom. The van der Waals surface area contributed by atoms with Gasteiger partial charge in [0.05, 0.1) is 29.8 Å². The van der Waals surface area contributed by atoms with Gasteiger partial charge < -0.3 is 9.66 Å². The Balaban J connectivity index is 1.69. The molecule has 1 saturated heterocycles.